The Kier molecular flexibility index (Phi) is 4.66. The molecule has 1 aliphatic rings. The first-order chi connectivity index (χ1) is 8.32. The zero-order chi connectivity index (χ0) is 13.8. The van der Waals surface area contributed by atoms with E-state index in [4.69, 9.17) is 11.1 Å². The third kappa shape index (κ3) is 4.33. The largest absolute Gasteiger partial charge is 0.376 e. The first kappa shape index (κ1) is 14.4. The number of nitrogens with zero attached hydrogens (tertiary/aromatic N) is 2. The van der Waals surface area contributed by atoms with Crippen molar-refractivity contribution in [3.8, 4) is 0 Å². The fourth-order valence-electron chi connectivity index (χ4n) is 1.25. The lowest BCUT2D eigenvalue weighted by atomic mass is 10.2. The topological polar surface area (TPSA) is 66.0 Å². The number of alkyl halides is 2. The van der Waals surface area contributed by atoms with Gasteiger partial charge in [0.2, 0.25) is 0 Å². The molecule has 2 heterocycles. The van der Waals surface area contributed by atoms with Crippen LogP contribution in [0.2, 0.25) is 0 Å². The number of pyridine rings is 1. The Hall–Kier alpha value is -1.63. The quantitative estimate of drug-likeness (QED) is 0.602. The third-order valence-electron chi connectivity index (χ3n) is 2.21. The molecule has 1 aliphatic heterocycles. The summed E-state index contributed by atoms with van der Waals surface area (Å²) in [4.78, 5) is 5.21. The summed E-state index contributed by atoms with van der Waals surface area (Å²) in [6.07, 6.45) is 1.69. The Balaban J connectivity index is 0.000000180. The Morgan fingerprint density at radius 1 is 1.50 bits per heavy atom. The molecule has 1 saturated heterocycles. The minimum atomic E-state index is -2.57. The molecule has 0 amide bonds. The van der Waals surface area contributed by atoms with E-state index in [1.807, 2.05) is 18.2 Å². The highest BCUT2D eigenvalue weighted by atomic mass is 32.1. The van der Waals surface area contributed by atoms with Crippen molar-refractivity contribution in [3.63, 3.8) is 0 Å². The van der Waals surface area contributed by atoms with Crippen molar-refractivity contribution in [2.45, 2.75) is 12.8 Å². The number of halogens is 2. The zero-order valence-corrected chi connectivity index (χ0v) is 10.7. The molecular formula is C11H14F2N4S. The van der Waals surface area contributed by atoms with E-state index in [1.165, 1.54) is 4.90 Å². The lowest BCUT2D eigenvalue weighted by molar-refractivity contribution is -0.100. The number of likely N-dealkylation sites (tertiary alicyclic amines) is 1. The maximum atomic E-state index is 12.0. The van der Waals surface area contributed by atoms with Crippen molar-refractivity contribution in [1.29, 1.82) is 5.41 Å². The molecule has 0 aliphatic carbocycles. The smallest absolute Gasteiger partial charge is 0.282 e. The van der Waals surface area contributed by atoms with Crippen LogP contribution in [0.4, 0.5) is 8.78 Å². The maximum absolute atomic E-state index is 12.0. The van der Waals surface area contributed by atoms with Gasteiger partial charge in [-0.3, -0.25) is 4.98 Å². The number of hydrogen-bond acceptors (Lipinski definition) is 3. The highest BCUT2D eigenvalue weighted by Crippen LogP contribution is 2.25. The van der Waals surface area contributed by atoms with Gasteiger partial charge in [0, 0.05) is 6.20 Å². The van der Waals surface area contributed by atoms with Crippen molar-refractivity contribution in [1.82, 2.24) is 9.88 Å². The van der Waals surface area contributed by atoms with Crippen LogP contribution >= 0.6 is 12.2 Å². The molecule has 1 fully saturated rings. The van der Waals surface area contributed by atoms with Crippen LogP contribution in [0.25, 0.3) is 0 Å². The fraction of sp³-hybridized carbons (Fsp3) is 0.364. The van der Waals surface area contributed by atoms with Crippen LogP contribution in [0.1, 0.15) is 12.6 Å². The minimum Gasteiger partial charge on any atom is -0.376 e. The molecule has 0 unspecified atom stereocenters. The number of nitrogens with two attached hydrogens (primary N) is 1. The fourth-order valence-corrected chi connectivity index (χ4v) is 1.38. The van der Waals surface area contributed by atoms with Crippen LogP contribution in [0.5, 0.6) is 0 Å². The van der Waals surface area contributed by atoms with Crippen LogP contribution in [0.15, 0.2) is 24.4 Å². The van der Waals surface area contributed by atoms with Crippen molar-refractivity contribution < 1.29 is 8.78 Å². The van der Waals surface area contributed by atoms with E-state index in [1.54, 1.807) is 13.1 Å². The average Bonchev–Trinajstić information content (AvgIpc) is 2.27. The standard InChI is InChI=1S/C7H8N2.C4H6F2N2S/c1-6(8)7-4-2-3-5-9-7;5-4(6)1-8(2-4)3(7)9/h2-5,8H,1H3;1-2H2,(H2,7,9). The summed E-state index contributed by atoms with van der Waals surface area (Å²) in [7, 11) is 0. The number of hydrogen-bond donors (Lipinski definition) is 2. The SMILES string of the molecule is CC(=N)c1ccccn1.NC(=S)N1CC(F)(F)C1. The summed E-state index contributed by atoms with van der Waals surface area (Å²) in [5.74, 6) is -2.57. The molecule has 18 heavy (non-hydrogen) atoms. The lowest BCUT2D eigenvalue weighted by Gasteiger charge is -2.38. The molecule has 2 rings (SSSR count). The first-order valence-electron chi connectivity index (χ1n) is 5.20. The normalized spacial score (nSPS) is 16.1. The molecule has 0 atom stereocenters. The van der Waals surface area contributed by atoms with Gasteiger partial charge >= 0.3 is 0 Å². The second-order valence-corrected chi connectivity index (χ2v) is 4.31. The molecule has 0 spiro atoms. The van der Waals surface area contributed by atoms with E-state index in [9.17, 15) is 8.78 Å². The number of rotatable bonds is 1. The van der Waals surface area contributed by atoms with E-state index in [0.717, 1.165) is 5.69 Å². The van der Waals surface area contributed by atoms with Crippen LogP contribution in [0.3, 0.4) is 0 Å². The Labute approximate surface area is 109 Å². The zero-order valence-electron chi connectivity index (χ0n) is 9.86. The molecule has 98 valence electrons. The van der Waals surface area contributed by atoms with Gasteiger partial charge in [0.1, 0.15) is 0 Å². The Morgan fingerprint density at radius 3 is 2.33 bits per heavy atom. The molecular weight excluding hydrogens is 258 g/mol. The highest BCUT2D eigenvalue weighted by molar-refractivity contribution is 7.80. The van der Waals surface area contributed by atoms with Crippen molar-refractivity contribution >= 4 is 23.0 Å². The number of thiocarbonyl (C=S) groups is 1. The lowest BCUT2D eigenvalue weighted by Crippen LogP contribution is -2.59. The Morgan fingerprint density at radius 2 is 2.11 bits per heavy atom. The van der Waals surface area contributed by atoms with Crippen molar-refractivity contribution in [3.05, 3.63) is 30.1 Å². The molecule has 0 aromatic carbocycles. The molecule has 0 saturated carbocycles. The van der Waals surface area contributed by atoms with Crippen molar-refractivity contribution in [2.75, 3.05) is 13.1 Å². The summed E-state index contributed by atoms with van der Waals surface area (Å²) in [5, 5.41) is 7.23. The minimum absolute atomic E-state index is 0.0564. The first-order valence-corrected chi connectivity index (χ1v) is 5.61. The molecule has 1 aromatic rings. The van der Waals surface area contributed by atoms with Gasteiger partial charge < -0.3 is 16.0 Å². The van der Waals surface area contributed by atoms with Crippen molar-refractivity contribution in [2.24, 2.45) is 5.73 Å². The summed E-state index contributed by atoms with van der Waals surface area (Å²) >= 11 is 4.44. The van der Waals surface area contributed by atoms with Gasteiger partial charge in [-0.15, -0.1) is 0 Å². The summed E-state index contributed by atoms with van der Waals surface area (Å²) in [6.45, 7) is 1.09. The van der Waals surface area contributed by atoms with E-state index in [0.29, 0.717) is 5.71 Å². The monoisotopic (exact) mass is 272 g/mol. The summed E-state index contributed by atoms with van der Waals surface area (Å²) < 4.78 is 24.0. The molecule has 0 radical (unpaired) electrons. The summed E-state index contributed by atoms with van der Waals surface area (Å²) in [6, 6.07) is 5.54. The van der Waals surface area contributed by atoms with Gasteiger partial charge in [-0.25, -0.2) is 8.78 Å². The van der Waals surface area contributed by atoms with Crippen LogP contribution in [0, 0.1) is 5.41 Å². The van der Waals surface area contributed by atoms with Crippen LogP contribution in [-0.2, 0) is 0 Å². The second-order valence-electron chi connectivity index (χ2n) is 3.89. The van der Waals surface area contributed by atoms with Gasteiger partial charge in [0.15, 0.2) is 5.11 Å². The molecule has 3 N–H and O–H groups in total. The van der Waals surface area contributed by atoms with E-state index >= 15 is 0 Å². The predicted octanol–water partition coefficient (Wildman–Crippen LogP) is 1.65. The van der Waals surface area contributed by atoms with E-state index in [2.05, 4.69) is 17.2 Å². The summed E-state index contributed by atoms with van der Waals surface area (Å²) in [5.41, 5.74) is 6.30. The third-order valence-corrected chi connectivity index (χ3v) is 2.46. The van der Waals surface area contributed by atoms with Gasteiger partial charge in [-0.2, -0.15) is 0 Å². The molecule has 4 nitrogen and oxygen atoms in total. The van der Waals surface area contributed by atoms with E-state index < -0.39 is 5.92 Å². The average molecular weight is 272 g/mol. The predicted molar refractivity (Wildman–Crippen MR) is 70.0 cm³/mol. The molecule has 1 aromatic heterocycles. The maximum Gasteiger partial charge on any atom is 0.282 e. The van der Waals surface area contributed by atoms with E-state index in [-0.39, 0.29) is 18.2 Å². The molecule has 7 heteroatoms. The van der Waals surface area contributed by atoms with Crippen LogP contribution < -0.4 is 5.73 Å². The van der Waals surface area contributed by atoms with Gasteiger partial charge in [-0.05, 0) is 31.3 Å². The van der Waals surface area contributed by atoms with Crippen LogP contribution in [-0.4, -0.2) is 39.7 Å². The number of aromatic nitrogens is 1. The second kappa shape index (κ2) is 5.81. The van der Waals surface area contributed by atoms with Gasteiger partial charge in [0.05, 0.1) is 24.5 Å². The number of nitrogens with one attached hydrogen (secondary N) is 1. The molecule has 0 bridgehead atoms. The van der Waals surface area contributed by atoms with Gasteiger partial charge in [0.25, 0.3) is 5.92 Å². The highest BCUT2D eigenvalue weighted by Gasteiger charge is 2.44. The Bertz CT molecular complexity index is 428. The van der Waals surface area contributed by atoms with Gasteiger partial charge in [-0.1, -0.05) is 6.07 Å².